The van der Waals surface area contributed by atoms with E-state index in [1.807, 2.05) is 6.92 Å². The molecule has 124 valence electrons. The second-order valence-corrected chi connectivity index (χ2v) is 5.95. The first-order chi connectivity index (χ1) is 10.9. The average molecular weight is 405 g/mol. The summed E-state index contributed by atoms with van der Waals surface area (Å²) in [6.07, 6.45) is 0. The molecule has 0 bridgehead atoms. The van der Waals surface area contributed by atoms with Crippen molar-refractivity contribution in [2.24, 2.45) is 0 Å². The highest BCUT2D eigenvalue weighted by molar-refractivity contribution is 9.10. The molecular formula is C15H15BrClNO5. The van der Waals surface area contributed by atoms with E-state index in [0.29, 0.717) is 10.7 Å². The number of hydrogen-bond donors (Lipinski definition) is 0. The third-order valence-electron chi connectivity index (χ3n) is 3.42. The second-order valence-electron chi connectivity index (χ2n) is 4.72. The van der Waals surface area contributed by atoms with Crippen LogP contribution in [0.2, 0.25) is 5.02 Å². The predicted molar refractivity (Wildman–Crippen MR) is 88.2 cm³/mol. The van der Waals surface area contributed by atoms with Crippen molar-refractivity contribution < 1.29 is 23.8 Å². The van der Waals surface area contributed by atoms with E-state index in [0.717, 1.165) is 10.0 Å². The molecule has 1 aliphatic rings. The number of carbonyl (C=O) groups is 2. The summed E-state index contributed by atoms with van der Waals surface area (Å²) in [6.45, 7) is 1.86. The molecule has 1 aromatic carbocycles. The molecule has 0 atom stereocenters. The van der Waals surface area contributed by atoms with Crippen molar-refractivity contribution in [2.75, 3.05) is 32.5 Å². The Balaban J connectivity index is 2.62. The van der Waals surface area contributed by atoms with Gasteiger partial charge in [-0.25, -0.2) is 9.59 Å². The smallest absolute Gasteiger partial charge is 0.355 e. The van der Waals surface area contributed by atoms with Crippen LogP contribution < -0.4 is 4.90 Å². The standard InChI is InChI=1S/C15H15BrClNO5/c1-8-10(16)4-5-11(12(8)17)18-7-23-6-9(14(19)21-2)13(18)15(20)22-3/h4-5H,6-7H2,1-3H3. The zero-order chi connectivity index (χ0) is 17.1. The molecule has 0 aromatic heterocycles. The molecule has 0 spiro atoms. The molecule has 0 unspecified atom stereocenters. The van der Waals surface area contributed by atoms with Gasteiger partial charge in [-0.15, -0.1) is 0 Å². The van der Waals surface area contributed by atoms with E-state index in [2.05, 4.69) is 15.9 Å². The Labute approximate surface area is 147 Å². The van der Waals surface area contributed by atoms with Crippen molar-refractivity contribution in [2.45, 2.75) is 6.92 Å². The maximum Gasteiger partial charge on any atom is 0.355 e. The quantitative estimate of drug-likeness (QED) is 0.722. The Kier molecular flexibility index (Phi) is 5.67. The van der Waals surface area contributed by atoms with Crippen LogP contribution in [0.3, 0.4) is 0 Å². The van der Waals surface area contributed by atoms with E-state index in [1.54, 1.807) is 12.1 Å². The van der Waals surface area contributed by atoms with Crippen LogP contribution >= 0.6 is 27.5 Å². The van der Waals surface area contributed by atoms with E-state index in [4.69, 9.17) is 25.8 Å². The molecule has 0 saturated heterocycles. The third kappa shape index (κ3) is 3.36. The number of rotatable bonds is 3. The monoisotopic (exact) mass is 403 g/mol. The summed E-state index contributed by atoms with van der Waals surface area (Å²) in [5, 5.41) is 0.440. The molecule has 1 heterocycles. The van der Waals surface area contributed by atoms with E-state index in [-0.39, 0.29) is 24.6 Å². The van der Waals surface area contributed by atoms with Gasteiger partial charge in [-0.05, 0) is 24.6 Å². The van der Waals surface area contributed by atoms with Crippen LogP contribution in [0.5, 0.6) is 0 Å². The molecule has 0 fully saturated rings. The highest BCUT2D eigenvalue weighted by atomic mass is 79.9. The molecule has 0 aliphatic carbocycles. The van der Waals surface area contributed by atoms with Crippen LogP contribution in [0.25, 0.3) is 0 Å². The van der Waals surface area contributed by atoms with Crippen molar-refractivity contribution in [1.82, 2.24) is 0 Å². The summed E-state index contributed by atoms with van der Waals surface area (Å²) in [6, 6.07) is 3.53. The molecule has 1 aromatic rings. The van der Waals surface area contributed by atoms with Gasteiger partial charge in [-0.1, -0.05) is 27.5 Å². The fourth-order valence-corrected chi connectivity index (χ4v) is 2.90. The SMILES string of the molecule is COC(=O)C1=C(C(=O)OC)N(c2ccc(Br)c(C)c2Cl)COC1. The zero-order valence-corrected chi connectivity index (χ0v) is 15.2. The van der Waals surface area contributed by atoms with Crippen molar-refractivity contribution >= 4 is 45.2 Å². The van der Waals surface area contributed by atoms with E-state index in [1.165, 1.54) is 19.1 Å². The molecule has 1 aliphatic heterocycles. The Morgan fingerprint density at radius 1 is 1.26 bits per heavy atom. The summed E-state index contributed by atoms with van der Waals surface area (Å²) in [7, 11) is 2.48. The Bertz CT molecular complexity index is 689. The fourth-order valence-electron chi connectivity index (χ4n) is 2.19. The summed E-state index contributed by atoms with van der Waals surface area (Å²) < 4.78 is 15.8. The summed E-state index contributed by atoms with van der Waals surface area (Å²) in [5.41, 5.74) is 1.49. The lowest BCUT2D eigenvalue weighted by Gasteiger charge is -2.32. The number of carbonyl (C=O) groups excluding carboxylic acids is 2. The van der Waals surface area contributed by atoms with Crippen LogP contribution in [0, 0.1) is 6.92 Å². The number of hydrogen-bond acceptors (Lipinski definition) is 6. The number of nitrogens with zero attached hydrogens (tertiary/aromatic N) is 1. The molecular weight excluding hydrogens is 390 g/mol. The maximum atomic E-state index is 12.2. The van der Waals surface area contributed by atoms with Crippen LogP contribution in [0.15, 0.2) is 27.9 Å². The van der Waals surface area contributed by atoms with Gasteiger partial charge in [0.25, 0.3) is 0 Å². The van der Waals surface area contributed by atoms with E-state index in [9.17, 15) is 9.59 Å². The van der Waals surface area contributed by atoms with Crippen molar-refractivity contribution in [1.29, 1.82) is 0 Å². The largest absolute Gasteiger partial charge is 0.466 e. The van der Waals surface area contributed by atoms with Gasteiger partial charge >= 0.3 is 11.9 Å². The predicted octanol–water partition coefficient (Wildman–Crippen LogP) is 2.81. The van der Waals surface area contributed by atoms with Crippen molar-refractivity contribution in [3.05, 3.63) is 38.5 Å². The average Bonchev–Trinajstić information content (AvgIpc) is 2.57. The molecule has 8 heteroatoms. The minimum Gasteiger partial charge on any atom is -0.466 e. The van der Waals surface area contributed by atoms with Gasteiger partial charge in [0.05, 0.1) is 37.1 Å². The first-order valence-corrected chi connectivity index (χ1v) is 7.79. The number of methoxy groups -OCH3 is 2. The highest BCUT2D eigenvalue weighted by Gasteiger charge is 2.33. The molecule has 23 heavy (non-hydrogen) atoms. The lowest BCUT2D eigenvalue weighted by atomic mass is 10.1. The lowest BCUT2D eigenvalue weighted by Crippen LogP contribution is -2.39. The normalized spacial score (nSPS) is 14.7. The first kappa shape index (κ1) is 17.8. The van der Waals surface area contributed by atoms with Gasteiger partial charge < -0.3 is 19.1 Å². The molecule has 0 amide bonds. The van der Waals surface area contributed by atoms with Gasteiger partial charge in [-0.3, -0.25) is 0 Å². The molecule has 6 nitrogen and oxygen atoms in total. The van der Waals surface area contributed by atoms with Crippen molar-refractivity contribution in [3.8, 4) is 0 Å². The van der Waals surface area contributed by atoms with Gasteiger partial charge in [0.15, 0.2) is 0 Å². The fraction of sp³-hybridized carbons (Fsp3) is 0.333. The van der Waals surface area contributed by atoms with Crippen molar-refractivity contribution in [3.63, 3.8) is 0 Å². The molecule has 0 N–H and O–H groups in total. The van der Waals surface area contributed by atoms with Gasteiger partial charge in [0, 0.05) is 4.47 Å². The maximum absolute atomic E-state index is 12.2. The number of ether oxygens (including phenoxy) is 3. The van der Waals surface area contributed by atoms with E-state index >= 15 is 0 Å². The van der Waals surface area contributed by atoms with Gasteiger partial charge in [0.2, 0.25) is 0 Å². The molecule has 2 rings (SSSR count). The number of benzene rings is 1. The minimum atomic E-state index is -0.662. The van der Waals surface area contributed by atoms with Crippen LogP contribution in [-0.4, -0.2) is 39.5 Å². The topological polar surface area (TPSA) is 65.1 Å². The Morgan fingerprint density at radius 3 is 2.52 bits per heavy atom. The zero-order valence-electron chi connectivity index (χ0n) is 12.8. The summed E-state index contributed by atoms with van der Waals surface area (Å²) in [4.78, 5) is 25.7. The Hall–Kier alpha value is -1.57. The lowest BCUT2D eigenvalue weighted by molar-refractivity contribution is -0.140. The Morgan fingerprint density at radius 2 is 1.91 bits per heavy atom. The highest BCUT2D eigenvalue weighted by Crippen LogP contribution is 2.37. The molecule has 0 saturated carbocycles. The summed E-state index contributed by atoms with van der Waals surface area (Å²) in [5.74, 6) is -1.31. The number of esters is 2. The van der Waals surface area contributed by atoms with Crippen LogP contribution in [0.4, 0.5) is 5.69 Å². The summed E-state index contributed by atoms with van der Waals surface area (Å²) >= 11 is 9.78. The number of anilines is 1. The van der Waals surface area contributed by atoms with Gasteiger partial charge in [-0.2, -0.15) is 0 Å². The number of halogens is 2. The second kappa shape index (κ2) is 7.33. The third-order valence-corrected chi connectivity index (χ3v) is 4.76. The first-order valence-electron chi connectivity index (χ1n) is 6.62. The van der Waals surface area contributed by atoms with Gasteiger partial charge in [0.1, 0.15) is 12.4 Å². The van der Waals surface area contributed by atoms with E-state index < -0.39 is 11.9 Å². The van der Waals surface area contributed by atoms with Crippen LogP contribution in [0.1, 0.15) is 5.56 Å². The minimum absolute atomic E-state index is 0.0409. The molecule has 0 radical (unpaired) electrons. The van der Waals surface area contributed by atoms with Crippen LogP contribution in [-0.2, 0) is 23.8 Å².